The van der Waals surface area contributed by atoms with Gasteiger partial charge in [0.05, 0.1) is 0 Å². The molecule has 0 aliphatic rings. The Morgan fingerprint density at radius 1 is 1.04 bits per heavy atom. The van der Waals surface area contributed by atoms with Gasteiger partial charge in [0.15, 0.2) is 0 Å². The van der Waals surface area contributed by atoms with E-state index in [0.717, 1.165) is 12.8 Å². The van der Waals surface area contributed by atoms with Gasteiger partial charge in [-0.1, -0.05) is 55.7 Å². The number of fused-ring (bicyclic) bond motifs is 1. The van der Waals surface area contributed by atoms with E-state index in [1.807, 2.05) is 0 Å². The first kappa shape index (κ1) is 19.8. The third-order valence-electron chi connectivity index (χ3n) is 4.38. The van der Waals surface area contributed by atoms with E-state index >= 15 is 0 Å². The summed E-state index contributed by atoms with van der Waals surface area (Å²) in [5.74, 6) is 0. The van der Waals surface area contributed by atoms with Crippen molar-refractivity contribution in [2.75, 3.05) is 0 Å². The fourth-order valence-corrected chi connectivity index (χ4v) is 3.24. The van der Waals surface area contributed by atoms with Gasteiger partial charge in [-0.2, -0.15) is 6.07 Å². The summed E-state index contributed by atoms with van der Waals surface area (Å²) in [5.41, 5.74) is 7.12. The van der Waals surface area contributed by atoms with Crippen LogP contribution in [0.1, 0.15) is 37.0 Å². The Kier molecular flexibility index (Phi) is 8.15. The summed E-state index contributed by atoms with van der Waals surface area (Å²) < 4.78 is 0. The maximum absolute atomic E-state index is 4.93. The molecule has 0 saturated carbocycles. The minimum absolute atomic E-state index is 0.826. The topological polar surface area (TPSA) is 0 Å². The first-order chi connectivity index (χ1) is 11.7. The van der Waals surface area contributed by atoms with Crippen molar-refractivity contribution in [3.05, 3.63) is 65.2 Å². The van der Waals surface area contributed by atoms with Gasteiger partial charge in [-0.25, -0.2) is 0 Å². The van der Waals surface area contributed by atoms with Crippen molar-refractivity contribution in [2.24, 2.45) is 0 Å². The molecule has 0 heterocycles. The molecule has 0 N–H and O–H groups in total. The molecule has 24 heavy (non-hydrogen) atoms. The van der Waals surface area contributed by atoms with Crippen molar-refractivity contribution in [3.8, 4) is 11.1 Å². The summed E-state index contributed by atoms with van der Waals surface area (Å²) >= 11 is -0.826. The monoisotopic (exact) mass is 435 g/mol. The molecule has 3 heteroatoms. The van der Waals surface area contributed by atoms with Crippen molar-refractivity contribution in [1.29, 1.82) is 0 Å². The molecule has 0 nitrogen and oxygen atoms in total. The molecule has 0 amide bonds. The van der Waals surface area contributed by atoms with Gasteiger partial charge in [-0.3, -0.25) is 0 Å². The third-order valence-corrected chi connectivity index (χ3v) is 4.38. The average Bonchev–Trinajstić information content (AvgIpc) is 3.00. The molecule has 0 fully saturated rings. The SMILES string of the molecule is CCCc1ccc2[cH-]c(CC)cc2c1-c1ccccc1C.[Cl][Zr][Cl]. The zero-order valence-corrected chi connectivity index (χ0v) is 18.5. The zero-order chi connectivity index (χ0) is 17.5. The minimum atomic E-state index is -0.826. The van der Waals surface area contributed by atoms with Crippen molar-refractivity contribution >= 4 is 27.8 Å². The van der Waals surface area contributed by atoms with Crippen LogP contribution in [-0.4, -0.2) is 0 Å². The number of aryl methyl sites for hydroxylation is 3. The van der Waals surface area contributed by atoms with Crippen LogP contribution < -0.4 is 0 Å². The summed E-state index contributed by atoms with van der Waals surface area (Å²) in [6.45, 7) is 6.70. The van der Waals surface area contributed by atoms with Crippen LogP contribution in [0.15, 0.2) is 48.5 Å². The van der Waals surface area contributed by atoms with Crippen LogP contribution in [0.25, 0.3) is 21.9 Å². The van der Waals surface area contributed by atoms with Gasteiger partial charge in [-0.15, -0.1) is 34.5 Å². The fourth-order valence-electron chi connectivity index (χ4n) is 3.24. The van der Waals surface area contributed by atoms with Crippen LogP contribution in [0.2, 0.25) is 0 Å². The van der Waals surface area contributed by atoms with Crippen LogP contribution in [0.5, 0.6) is 0 Å². The molecule has 3 rings (SSSR count). The second kappa shape index (κ2) is 9.86. The van der Waals surface area contributed by atoms with E-state index in [1.54, 1.807) is 0 Å². The summed E-state index contributed by atoms with van der Waals surface area (Å²) in [6.07, 6.45) is 3.43. The molecule has 126 valence electrons. The van der Waals surface area contributed by atoms with E-state index in [1.165, 1.54) is 45.0 Å². The molecule has 0 unspecified atom stereocenters. The third kappa shape index (κ3) is 4.57. The Morgan fingerprint density at radius 3 is 2.38 bits per heavy atom. The van der Waals surface area contributed by atoms with Gasteiger partial charge in [0.25, 0.3) is 0 Å². The molecule has 0 aliphatic carbocycles. The van der Waals surface area contributed by atoms with Crippen LogP contribution in [0.3, 0.4) is 0 Å². The summed E-state index contributed by atoms with van der Waals surface area (Å²) in [6, 6.07) is 18.1. The van der Waals surface area contributed by atoms with Gasteiger partial charge < -0.3 is 0 Å². The molecule has 3 aromatic rings. The van der Waals surface area contributed by atoms with Gasteiger partial charge in [-0.05, 0) is 30.9 Å². The first-order valence-corrected chi connectivity index (χ1v) is 14.7. The van der Waals surface area contributed by atoms with E-state index in [4.69, 9.17) is 17.0 Å². The standard InChI is InChI=1S/C21H23.2ClH.Zr/c1-4-8-17-11-12-18-13-16(5-2)14-20(18)21(17)19-10-7-6-9-15(19)3;;;/h6-7,9-14H,4-5,8H2,1-3H3;2*1H;/q-1;;;+2/p-2. The first-order valence-electron chi connectivity index (χ1n) is 8.39. The molecule has 0 spiro atoms. The van der Waals surface area contributed by atoms with Gasteiger partial charge in [0.1, 0.15) is 0 Å². The predicted octanol–water partition coefficient (Wildman–Crippen LogP) is 7.43. The summed E-state index contributed by atoms with van der Waals surface area (Å²) in [7, 11) is 9.87. The van der Waals surface area contributed by atoms with Gasteiger partial charge >= 0.3 is 37.9 Å². The number of hydrogen-bond acceptors (Lipinski definition) is 0. The molecular formula is C21H23Cl2Zr-. The molecule has 0 radical (unpaired) electrons. The van der Waals surface area contributed by atoms with E-state index < -0.39 is 20.8 Å². The molecular weight excluding hydrogens is 414 g/mol. The fraction of sp³-hybridized carbons (Fsp3) is 0.286. The van der Waals surface area contributed by atoms with E-state index in [9.17, 15) is 0 Å². The molecule has 0 atom stereocenters. The number of hydrogen-bond donors (Lipinski definition) is 0. The second-order valence-electron chi connectivity index (χ2n) is 5.96. The van der Waals surface area contributed by atoms with Gasteiger partial charge in [0.2, 0.25) is 0 Å². The zero-order valence-electron chi connectivity index (χ0n) is 14.5. The quantitative estimate of drug-likeness (QED) is 0.373. The Balaban J connectivity index is 0.000000647. The van der Waals surface area contributed by atoms with E-state index in [2.05, 4.69) is 69.3 Å². The van der Waals surface area contributed by atoms with Crippen LogP contribution in [0.4, 0.5) is 0 Å². The normalized spacial score (nSPS) is 10.4. The van der Waals surface area contributed by atoms with Crippen molar-refractivity contribution in [1.82, 2.24) is 0 Å². The Labute approximate surface area is 164 Å². The maximum atomic E-state index is 4.93. The van der Waals surface area contributed by atoms with Crippen LogP contribution in [-0.2, 0) is 33.7 Å². The average molecular weight is 438 g/mol. The number of rotatable bonds is 4. The van der Waals surface area contributed by atoms with E-state index in [-0.39, 0.29) is 0 Å². The Bertz CT molecular complexity index is 790. The van der Waals surface area contributed by atoms with Crippen LogP contribution in [0, 0.1) is 6.92 Å². The molecule has 3 aromatic carbocycles. The second-order valence-corrected chi connectivity index (χ2v) is 9.69. The summed E-state index contributed by atoms with van der Waals surface area (Å²) in [4.78, 5) is 0. The van der Waals surface area contributed by atoms with Crippen LogP contribution >= 0.6 is 17.0 Å². The Hall–Kier alpha value is -0.487. The summed E-state index contributed by atoms with van der Waals surface area (Å²) in [5, 5.41) is 2.80. The van der Waals surface area contributed by atoms with E-state index in [0.29, 0.717) is 0 Å². The molecule has 0 aromatic heterocycles. The Morgan fingerprint density at radius 2 is 1.75 bits per heavy atom. The number of halogens is 2. The van der Waals surface area contributed by atoms with Crippen molar-refractivity contribution in [3.63, 3.8) is 0 Å². The molecule has 0 aliphatic heterocycles. The molecule has 0 saturated heterocycles. The predicted molar refractivity (Wildman–Crippen MR) is 105 cm³/mol. The number of benzene rings is 2. The van der Waals surface area contributed by atoms with Crippen molar-refractivity contribution < 1.29 is 20.8 Å². The van der Waals surface area contributed by atoms with Gasteiger partial charge in [0, 0.05) is 0 Å². The molecule has 0 bridgehead atoms. The van der Waals surface area contributed by atoms with Crippen molar-refractivity contribution in [2.45, 2.75) is 40.0 Å².